The van der Waals surface area contributed by atoms with E-state index in [2.05, 4.69) is 13.8 Å². The molecule has 0 fully saturated rings. The third-order valence-corrected chi connectivity index (χ3v) is 7.94. The molecular weight excluding hydrogens is 468 g/mol. The fourth-order valence-electron chi connectivity index (χ4n) is 5.30. The van der Waals surface area contributed by atoms with Crippen molar-refractivity contribution in [1.82, 2.24) is 0 Å². The quantitative estimate of drug-likeness (QED) is 0.0631. The zero-order valence-corrected chi connectivity index (χ0v) is 26.4. The molecule has 38 heavy (non-hydrogen) atoms. The van der Waals surface area contributed by atoms with Gasteiger partial charge in [0.25, 0.3) is 0 Å². The first-order valence-corrected chi connectivity index (χ1v) is 17.6. The van der Waals surface area contributed by atoms with E-state index >= 15 is 0 Å². The monoisotopic (exact) mass is 539 g/mol. The predicted molar refractivity (Wildman–Crippen MR) is 167 cm³/mol. The van der Waals surface area contributed by atoms with Crippen LogP contribution in [0.15, 0.2) is 0 Å². The summed E-state index contributed by atoms with van der Waals surface area (Å²) in [5.41, 5.74) is 0. The van der Waals surface area contributed by atoms with Gasteiger partial charge in [-0.25, -0.2) is 4.79 Å². The van der Waals surface area contributed by atoms with Crippen LogP contribution in [0.2, 0.25) is 0 Å². The third-order valence-electron chi connectivity index (χ3n) is 7.94. The molecule has 0 rings (SSSR count). The summed E-state index contributed by atoms with van der Waals surface area (Å²) < 4.78 is 10.2. The Morgan fingerprint density at radius 3 is 0.737 bits per heavy atom. The van der Waals surface area contributed by atoms with E-state index in [1.165, 1.54) is 167 Å². The van der Waals surface area contributed by atoms with Crippen molar-refractivity contribution in [1.29, 1.82) is 0 Å². The summed E-state index contributed by atoms with van der Waals surface area (Å²) in [6.07, 6.45) is 40.5. The molecule has 0 N–H and O–H groups in total. The molecule has 0 aliphatic carbocycles. The van der Waals surface area contributed by atoms with E-state index in [1.807, 2.05) is 0 Å². The SMILES string of the molecule is CCCCCCCCCCCCCCCCCCCCCCCCCCCCOC(=O)OCCCCCC. The van der Waals surface area contributed by atoms with Crippen LogP contribution in [0.3, 0.4) is 0 Å². The summed E-state index contributed by atoms with van der Waals surface area (Å²) in [6.45, 7) is 5.48. The minimum Gasteiger partial charge on any atom is -0.434 e. The second-order valence-electron chi connectivity index (χ2n) is 11.8. The van der Waals surface area contributed by atoms with Crippen molar-refractivity contribution in [2.75, 3.05) is 13.2 Å². The van der Waals surface area contributed by atoms with Crippen LogP contribution < -0.4 is 0 Å². The fourth-order valence-corrected chi connectivity index (χ4v) is 5.30. The van der Waals surface area contributed by atoms with Gasteiger partial charge >= 0.3 is 6.16 Å². The molecule has 228 valence electrons. The van der Waals surface area contributed by atoms with Crippen molar-refractivity contribution in [3.05, 3.63) is 0 Å². The zero-order chi connectivity index (χ0) is 27.6. The average Bonchev–Trinajstić information content (AvgIpc) is 2.92. The summed E-state index contributed by atoms with van der Waals surface area (Å²) in [6, 6.07) is 0. The van der Waals surface area contributed by atoms with Crippen LogP contribution in [0.5, 0.6) is 0 Å². The molecule has 0 saturated carbocycles. The lowest BCUT2D eigenvalue weighted by Gasteiger charge is -2.06. The lowest BCUT2D eigenvalue weighted by Crippen LogP contribution is -2.09. The van der Waals surface area contributed by atoms with Crippen molar-refractivity contribution < 1.29 is 14.3 Å². The molecule has 0 unspecified atom stereocenters. The normalized spacial score (nSPS) is 11.2. The van der Waals surface area contributed by atoms with Gasteiger partial charge in [0.1, 0.15) is 0 Å². The molecular formula is C35H70O3. The number of hydrogen-bond donors (Lipinski definition) is 0. The number of carbonyl (C=O) groups is 1. The standard InChI is InChI=1S/C35H70O3/c1-3-5-7-9-10-11-12-13-14-15-16-17-18-19-20-21-22-23-24-25-26-27-28-29-30-32-34-38-35(36)37-33-31-8-6-4-2/h3-34H2,1-2H3. The maximum atomic E-state index is 11.5. The zero-order valence-electron chi connectivity index (χ0n) is 26.4. The van der Waals surface area contributed by atoms with Gasteiger partial charge < -0.3 is 9.47 Å². The van der Waals surface area contributed by atoms with Gasteiger partial charge in [0.2, 0.25) is 0 Å². The van der Waals surface area contributed by atoms with E-state index in [0.717, 1.165) is 25.7 Å². The van der Waals surface area contributed by atoms with Crippen LogP contribution in [0, 0.1) is 0 Å². The predicted octanol–water partition coefficient (Wildman–Crippen LogP) is 12.9. The van der Waals surface area contributed by atoms with Gasteiger partial charge in [-0.15, -0.1) is 0 Å². The van der Waals surface area contributed by atoms with Crippen molar-refractivity contribution in [3.63, 3.8) is 0 Å². The Balaban J connectivity index is 3.08. The van der Waals surface area contributed by atoms with Crippen molar-refractivity contribution >= 4 is 6.16 Å². The van der Waals surface area contributed by atoms with E-state index in [4.69, 9.17) is 9.47 Å². The summed E-state index contributed by atoms with van der Waals surface area (Å²) >= 11 is 0. The van der Waals surface area contributed by atoms with Gasteiger partial charge in [0.15, 0.2) is 0 Å². The minimum absolute atomic E-state index is 0.485. The molecule has 0 aromatic heterocycles. The molecule has 0 aromatic rings. The van der Waals surface area contributed by atoms with Crippen LogP contribution in [0.25, 0.3) is 0 Å². The van der Waals surface area contributed by atoms with Gasteiger partial charge in [0.05, 0.1) is 13.2 Å². The van der Waals surface area contributed by atoms with Gasteiger partial charge in [-0.05, 0) is 12.8 Å². The second kappa shape index (κ2) is 34.3. The Morgan fingerprint density at radius 2 is 0.500 bits per heavy atom. The third kappa shape index (κ3) is 33.3. The van der Waals surface area contributed by atoms with Crippen LogP contribution in [-0.4, -0.2) is 19.4 Å². The highest BCUT2D eigenvalue weighted by molar-refractivity contribution is 5.59. The van der Waals surface area contributed by atoms with E-state index in [0.29, 0.717) is 13.2 Å². The first kappa shape index (κ1) is 37.3. The lowest BCUT2D eigenvalue weighted by molar-refractivity contribution is 0.0529. The first-order valence-electron chi connectivity index (χ1n) is 17.6. The van der Waals surface area contributed by atoms with Gasteiger partial charge in [0, 0.05) is 0 Å². The molecule has 0 atom stereocenters. The Labute approximate surface area is 240 Å². The smallest absolute Gasteiger partial charge is 0.434 e. The molecule has 0 bridgehead atoms. The minimum atomic E-state index is -0.485. The maximum absolute atomic E-state index is 11.5. The highest BCUT2D eigenvalue weighted by atomic mass is 16.7. The summed E-state index contributed by atoms with van der Waals surface area (Å²) in [5.74, 6) is 0. The van der Waals surface area contributed by atoms with Crippen molar-refractivity contribution in [3.8, 4) is 0 Å². The Bertz CT molecular complexity index is 437. The molecule has 0 aliphatic rings. The van der Waals surface area contributed by atoms with Crippen LogP contribution in [0.4, 0.5) is 4.79 Å². The average molecular weight is 539 g/mol. The Morgan fingerprint density at radius 1 is 0.316 bits per heavy atom. The van der Waals surface area contributed by atoms with Crippen LogP contribution in [0.1, 0.15) is 206 Å². The molecule has 3 heteroatoms. The number of unbranched alkanes of at least 4 members (excludes halogenated alkanes) is 28. The number of carbonyl (C=O) groups excluding carboxylic acids is 1. The van der Waals surface area contributed by atoms with Gasteiger partial charge in [-0.1, -0.05) is 194 Å². The highest BCUT2D eigenvalue weighted by Crippen LogP contribution is 2.16. The van der Waals surface area contributed by atoms with E-state index in [-0.39, 0.29) is 0 Å². The van der Waals surface area contributed by atoms with E-state index in [1.54, 1.807) is 0 Å². The molecule has 0 saturated heterocycles. The second-order valence-corrected chi connectivity index (χ2v) is 11.8. The lowest BCUT2D eigenvalue weighted by atomic mass is 10.0. The summed E-state index contributed by atoms with van der Waals surface area (Å²) in [4.78, 5) is 11.5. The summed E-state index contributed by atoms with van der Waals surface area (Å²) in [7, 11) is 0. The maximum Gasteiger partial charge on any atom is 0.508 e. The molecule has 0 aromatic carbocycles. The van der Waals surface area contributed by atoms with Gasteiger partial charge in [-0.2, -0.15) is 0 Å². The molecule has 0 spiro atoms. The molecule has 0 amide bonds. The fraction of sp³-hybridized carbons (Fsp3) is 0.971. The largest absolute Gasteiger partial charge is 0.508 e. The van der Waals surface area contributed by atoms with Gasteiger partial charge in [-0.3, -0.25) is 0 Å². The molecule has 3 nitrogen and oxygen atoms in total. The Hall–Kier alpha value is -0.730. The number of hydrogen-bond acceptors (Lipinski definition) is 3. The summed E-state index contributed by atoms with van der Waals surface area (Å²) in [5, 5.41) is 0. The Kier molecular flexibility index (Phi) is 33.6. The number of rotatable bonds is 32. The van der Waals surface area contributed by atoms with E-state index in [9.17, 15) is 4.79 Å². The molecule has 0 heterocycles. The highest BCUT2D eigenvalue weighted by Gasteiger charge is 2.03. The topological polar surface area (TPSA) is 35.5 Å². The van der Waals surface area contributed by atoms with Crippen molar-refractivity contribution in [2.24, 2.45) is 0 Å². The van der Waals surface area contributed by atoms with Crippen LogP contribution in [-0.2, 0) is 9.47 Å². The molecule has 0 aliphatic heterocycles. The molecule has 0 radical (unpaired) electrons. The van der Waals surface area contributed by atoms with E-state index < -0.39 is 6.16 Å². The van der Waals surface area contributed by atoms with Crippen LogP contribution >= 0.6 is 0 Å². The number of ether oxygens (including phenoxy) is 2. The first-order chi connectivity index (χ1) is 18.8. The van der Waals surface area contributed by atoms with Crippen molar-refractivity contribution in [2.45, 2.75) is 206 Å².